The van der Waals surface area contributed by atoms with Crippen LogP contribution >= 0.6 is 15.6 Å². The summed E-state index contributed by atoms with van der Waals surface area (Å²) < 4.78 is 29.9. The summed E-state index contributed by atoms with van der Waals surface area (Å²) in [5.74, 6) is -0.0578. The lowest BCUT2D eigenvalue weighted by Gasteiger charge is -2.36. The van der Waals surface area contributed by atoms with Gasteiger partial charge in [-0.25, -0.2) is 4.57 Å². The SMILES string of the molecule is CCC(C)C(CCCCCOP(=O)(O)O)OP(=O)([O-])[O-]. The van der Waals surface area contributed by atoms with Crippen molar-refractivity contribution >= 4 is 15.6 Å². The second kappa shape index (κ2) is 9.28. The van der Waals surface area contributed by atoms with Gasteiger partial charge in [-0.05, 0) is 18.8 Å². The number of phosphoric acid groups is 2. The van der Waals surface area contributed by atoms with Crippen LogP contribution in [0.5, 0.6) is 0 Å². The van der Waals surface area contributed by atoms with Crippen LogP contribution in [0.3, 0.4) is 0 Å². The average molecular weight is 332 g/mol. The lowest BCUT2D eigenvalue weighted by Crippen LogP contribution is -2.27. The third kappa shape index (κ3) is 12.0. The first kappa shape index (κ1) is 20.2. The molecule has 0 amide bonds. The maximum atomic E-state index is 10.7. The van der Waals surface area contributed by atoms with E-state index >= 15 is 0 Å². The Hall–Kier alpha value is 0.220. The van der Waals surface area contributed by atoms with Crippen molar-refractivity contribution in [2.24, 2.45) is 5.92 Å². The first-order chi connectivity index (χ1) is 9.05. The quantitative estimate of drug-likeness (QED) is 0.420. The molecule has 0 aromatic heterocycles. The van der Waals surface area contributed by atoms with Crippen LogP contribution in [0.2, 0.25) is 0 Å². The number of unbranched alkanes of at least 4 members (excludes halogenated alkanes) is 2. The molecule has 0 aliphatic heterocycles. The Morgan fingerprint density at radius 2 is 1.75 bits per heavy atom. The number of hydrogen-bond acceptors (Lipinski definition) is 6. The Morgan fingerprint density at radius 1 is 1.15 bits per heavy atom. The monoisotopic (exact) mass is 332 g/mol. The van der Waals surface area contributed by atoms with Crippen LogP contribution in [-0.4, -0.2) is 22.5 Å². The van der Waals surface area contributed by atoms with Crippen LogP contribution in [0, 0.1) is 5.92 Å². The van der Waals surface area contributed by atoms with Crippen molar-refractivity contribution in [3.05, 3.63) is 0 Å². The molecule has 0 saturated carbocycles. The van der Waals surface area contributed by atoms with E-state index in [0.717, 1.165) is 0 Å². The zero-order chi connectivity index (χ0) is 15.8. The van der Waals surface area contributed by atoms with Crippen molar-refractivity contribution in [3.63, 3.8) is 0 Å². The van der Waals surface area contributed by atoms with Crippen molar-refractivity contribution in [1.82, 2.24) is 0 Å². The standard InChI is InChI=1S/C10H24O8P2/c1-3-9(2)10(18-20(14,15)16)7-5-4-6-8-17-19(11,12)13/h9-10H,3-8H2,1-2H3,(H2,11,12,13)(H2,14,15,16)/p-2. The molecule has 20 heavy (non-hydrogen) atoms. The van der Waals surface area contributed by atoms with Gasteiger partial charge in [0, 0.05) is 0 Å². The van der Waals surface area contributed by atoms with Crippen molar-refractivity contribution in [1.29, 1.82) is 0 Å². The molecule has 0 aliphatic carbocycles. The van der Waals surface area contributed by atoms with Gasteiger partial charge in [-0.15, -0.1) is 0 Å². The molecule has 0 saturated heterocycles. The van der Waals surface area contributed by atoms with E-state index in [2.05, 4.69) is 9.05 Å². The Balaban J connectivity index is 3.97. The summed E-state index contributed by atoms with van der Waals surface area (Å²) >= 11 is 0. The molecule has 2 N–H and O–H groups in total. The normalized spacial score (nSPS) is 16.1. The Bertz CT molecular complexity index is 349. The maximum absolute atomic E-state index is 10.7. The Labute approximate surface area is 119 Å². The Kier molecular flexibility index (Phi) is 9.38. The van der Waals surface area contributed by atoms with Crippen LogP contribution in [0.15, 0.2) is 0 Å². The van der Waals surface area contributed by atoms with Gasteiger partial charge in [0.1, 0.15) is 0 Å². The molecule has 2 atom stereocenters. The summed E-state index contributed by atoms with van der Waals surface area (Å²) in [6, 6.07) is 0. The van der Waals surface area contributed by atoms with E-state index in [0.29, 0.717) is 32.1 Å². The largest absolute Gasteiger partial charge is 0.790 e. The molecular weight excluding hydrogens is 310 g/mol. The zero-order valence-corrected chi connectivity index (χ0v) is 13.4. The highest BCUT2D eigenvalue weighted by molar-refractivity contribution is 7.46. The minimum atomic E-state index is -5.00. The van der Waals surface area contributed by atoms with E-state index in [9.17, 15) is 18.9 Å². The van der Waals surface area contributed by atoms with Crippen molar-refractivity contribution in [3.8, 4) is 0 Å². The van der Waals surface area contributed by atoms with Gasteiger partial charge in [-0.1, -0.05) is 33.1 Å². The van der Waals surface area contributed by atoms with Crippen molar-refractivity contribution in [2.45, 2.75) is 52.1 Å². The summed E-state index contributed by atoms with van der Waals surface area (Å²) in [6.45, 7) is 3.60. The minimum absolute atomic E-state index is 0.0578. The van der Waals surface area contributed by atoms with E-state index in [1.54, 1.807) is 6.92 Å². The molecule has 122 valence electrons. The van der Waals surface area contributed by atoms with Gasteiger partial charge in [-0.2, -0.15) is 0 Å². The highest BCUT2D eigenvalue weighted by Gasteiger charge is 2.18. The topological polar surface area (TPSA) is 139 Å². The highest BCUT2D eigenvalue weighted by Crippen LogP contribution is 2.36. The van der Waals surface area contributed by atoms with Gasteiger partial charge >= 0.3 is 7.82 Å². The summed E-state index contributed by atoms with van der Waals surface area (Å²) in [4.78, 5) is 38.2. The third-order valence-corrected chi connectivity index (χ3v) is 3.98. The van der Waals surface area contributed by atoms with Crippen LogP contribution in [0.25, 0.3) is 0 Å². The van der Waals surface area contributed by atoms with Crippen molar-refractivity contribution in [2.75, 3.05) is 6.61 Å². The van der Waals surface area contributed by atoms with Crippen LogP contribution in [0.1, 0.15) is 46.0 Å². The second-order valence-electron chi connectivity index (χ2n) is 4.65. The summed E-state index contributed by atoms with van der Waals surface area (Å²) in [5, 5.41) is 0. The van der Waals surface area contributed by atoms with Crippen LogP contribution < -0.4 is 9.79 Å². The predicted molar refractivity (Wildman–Crippen MR) is 68.4 cm³/mol. The molecule has 0 radical (unpaired) electrons. The number of hydrogen-bond donors (Lipinski definition) is 2. The van der Waals surface area contributed by atoms with Gasteiger partial charge in [0.2, 0.25) is 0 Å². The first-order valence-corrected chi connectivity index (χ1v) is 9.44. The molecule has 10 heteroatoms. The smallest absolute Gasteiger partial charge is 0.469 e. The van der Waals surface area contributed by atoms with E-state index < -0.39 is 21.7 Å². The molecule has 0 fully saturated rings. The second-order valence-corrected chi connectivity index (χ2v) is 6.99. The van der Waals surface area contributed by atoms with Gasteiger partial charge in [0.15, 0.2) is 0 Å². The fraction of sp³-hybridized carbons (Fsp3) is 1.00. The minimum Gasteiger partial charge on any atom is -0.790 e. The van der Waals surface area contributed by atoms with Gasteiger partial charge in [-0.3, -0.25) is 4.52 Å². The van der Waals surface area contributed by atoms with Crippen LogP contribution in [-0.2, 0) is 18.2 Å². The molecule has 0 aromatic carbocycles. The summed E-state index contributed by atoms with van der Waals surface area (Å²) in [5.41, 5.74) is 0. The first-order valence-electron chi connectivity index (χ1n) is 6.45. The molecule has 8 nitrogen and oxygen atoms in total. The summed E-state index contributed by atoms with van der Waals surface area (Å²) in [7, 11) is -9.43. The highest BCUT2D eigenvalue weighted by atomic mass is 31.2. The zero-order valence-electron chi connectivity index (χ0n) is 11.6. The van der Waals surface area contributed by atoms with Gasteiger partial charge < -0.3 is 28.7 Å². The third-order valence-electron chi connectivity index (χ3n) is 2.94. The molecule has 0 bridgehead atoms. The fourth-order valence-corrected chi connectivity index (χ4v) is 2.69. The van der Waals surface area contributed by atoms with E-state index in [1.807, 2.05) is 6.92 Å². The van der Waals surface area contributed by atoms with Crippen molar-refractivity contribution < 1.29 is 37.8 Å². The molecule has 0 rings (SSSR count). The molecule has 2 unspecified atom stereocenters. The predicted octanol–water partition coefficient (Wildman–Crippen LogP) is 0.916. The van der Waals surface area contributed by atoms with E-state index in [-0.39, 0.29) is 12.5 Å². The molecular formula is C10H22O8P2-2. The average Bonchev–Trinajstić information content (AvgIpc) is 2.28. The number of rotatable bonds is 11. The van der Waals surface area contributed by atoms with E-state index in [1.165, 1.54) is 0 Å². The lowest BCUT2D eigenvalue weighted by atomic mass is 9.97. The van der Waals surface area contributed by atoms with Gasteiger partial charge in [0.05, 0.1) is 20.5 Å². The molecule has 0 spiro atoms. The fourth-order valence-electron chi connectivity index (χ4n) is 1.68. The Morgan fingerprint density at radius 3 is 2.20 bits per heavy atom. The van der Waals surface area contributed by atoms with Gasteiger partial charge in [0.25, 0.3) is 0 Å². The number of phosphoric ester groups is 2. The van der Waals surface area contributed by atoms with Crippen LogP contribution in [0.4, 0.5) is 0 Å². The molecule has 0 aromatic rings. The van der Waals surface area contributed by atoms with E-state index in [4.69, 9.17) is 9.79 Å². The lowest BCUT2D eigenvalue weighted by molar-refractivity contribution is -0.346. The molecule has 0 heterocycles. The maximum Gasteiger partial charge on any atom is 0.469 e. The summed E-state index contributed by atoms with van der Waals surface area (Å²) in [6.07, 6.45) is 2.05. The molecule has 0 aliphatic rings.